The number of esters is 1. The smallest absolute Gasteiger partial charge is 0.306 e. The summed E-state index contributed by atoms with van der Waals surface area (Å²) in [7, 11) is 0. The Kier molecular flexibility index (Phi) is 17.5. The maximum absolute atomic E-state index is 11.7. The quantitative estimate of drug-likeness (QED) is 0.243. The first-order valence-electron chi connectivity index (χ1n) is 11.4. The summed E-state index contributed by atoms with van der Waals surface area (Å²) in [6.45, 7) is 4.40. The zero-order valence-corrected chi connectivity index (χ0v) is 18.1. The Morgan fingerprint density at radius 3 is 1.79 bits per heavy atom. The van der Waals surface area contributed by atoms with Gasteiger partial charge in [0.05, 0.1) is 0 Å². The molecule has 0 aromatic heterocycles. The van der Waals surface area contributed by atoms with E-state index in [0.717, 1.165) is 77.1 Å². The molecule has 5 nitrogen and oxygen atoms in total. The standard InChI is InChI=1S/C24H41NO4/c25-17-9-13-21-28-19-11-4-2-1-3-10-18-27-20-12-8-16-24(26)29-22-23-14-6-5-7-15-23/h5-7,14-15H,1-4,8-13,16-22,25H2. The molecule has 0 atom stereocenters. The van der Waals surface area contributed by atoms with Gasteiger partial charge in [0.2, 0.25) is 0 Å². The van der Waals surface area contributed by atoms with Crippen molar-refractivity contribution >= 4 is 5.97 Å². The molecule has 0 fully saturated rings. The topological polar surface area (TPSA) is 70.8 Å². The molecule has 0 radical (unpaired) electrons. The number of rotatable bonds is 20. The van der Waals surface area contributed by atoms with Gasteiger partial charge in [-0.05, 0) is 50.6 Å². The fourth-order valence-electron chi connectivity index (χ4n) is 2.95. The van der Waals surface area contributed by atoms with Crippen LogP contribution in [0, 0.1) is 0 Å². The molecular formula is C24H41NO4. The third-order valence-corrected chi connectivity index (χ3v) is 4.73. The van der Waals surface area contributed by atoms with Crippen LogP contribution < -0.4 is 5.73 Å². The molecule has 0 spiro atoms. The van der Waals surface area contributed by atoms with Crippen LogP contribution in [-0.2, 0) is 25.6 Å². The van der Waals surface area contributed by atoms with E-state index in [1.54, 1.807) is 0 Å². The number of carbonyl (C=O) groups is 1. The highest BCUT2D eigenvalue weighted by molar-refractivity contribution is 5.69. The van der Waals surface area contributed by atoms with Crippen LogP contribution in [0.4, 0.5) is 0 Å². The van der Waals surface area contributed by atoms with Gasteiger partial charge in [-0.1, -0.05) is 56.0 Å². The van der Waals surface area contributed by atoms with Crippen molar-refractivity contribution in [3.8, 4) is 0 Å². The number of benzene rings is 1. The zero-order valence-electron chi connectivity index (χ0n) is 18.1. The molecule has 0 aliphatic carbocycles. The van der Waals surface area contributed by atoms with Gasteiger partial charge in [0.15, 0.2) is 0 Å². The summed E-state index contributed by atoms with van der Waals surface area (Å²) < 4.78 is 16.5. The number of ether oxygens (including phenoxy) is 3. The molecule has 0 amide bonds. The highest BCUT2D eigenvalue weighted by Crippen LogP contribution is 2.07. The van der Waals surface area contributed by atoms with E-state index in [-0.39, 0.29) is 5.97 Å². The van der Waals surface area contributed by atoms with Crippen molar-refractivity contribution in [1.29, 1.82) is 0 Å². The minimum Gasteiger partial charge on any atom is -0.461 e. The molecule has 1 rings (SSSR count). The average molecular weight is 408 g/mol. The summed E-state index contributed by atoms with van der Waals surface area (Å²) in [4.78, 5) is 11.7. The first-order valence-corrected chi connectivity index (χ1v) is 11.4. The van der Waals surface area contributed by atoms with E-state index in [1.807, 2.05) is 30.3 Å². The molecule has 0 saturated carbocycles. The van der Waals surface area contributed by atoms with E-state index < -0.39 is 0 Å². The van der Waals surface area contributed by atoms with Crippen LogP contribution in [0.25, 0.3) is 0 Å². The van der Waals surface area contributed by atoms with E-state index in [2.05, 4.69) is 0 Å². The van der Waals surface area contributed by atoms with E-state index in [9.17, 15) is 4.79 Å². The summed E-state index contributed by atoms with van der Waals surface area (Å²) >= 11 is 0. The Hall–Kier alpha value is -1.43. The van der Waals surface area contributed by atoms with Gasteiger partial charge in [-0.25, -0.2) is 0 Å². The van der Waals surface area contributed by atoms with E-state index in [1.165, 1.54) is 25.7 Å². The van der Waals surface area contributed by atoms with Crippen LogP contribution >= 0.6 is 0 Å². The molecular weight excluding hydrogens is 366 g/mol. The van der Waals surface area contributed by atoms with Gasteiger partial charge < -0.3 is 19.9 Å². The molecule has 0 unspecified atom stereocenters. The second kappa shape index (κ2) is 19.9. The van der Waals surface area contributed by atoms with Crippen LogP contribution in [0.3, 0.4) is 0 Å². The predicted molar refractivity (Wildman–Crippen MR) is 118 cm³/mol. The SMILES string of the molecule is NCCCCOCCCCCCCCOCCCCC(=O)OCc1ccccc1. The minimum absolute atomic E-state index is 0.130. The highest BCUT2D eigenvalue weighted by Gasteiger charge is 2.03. The highest BCUT2D eigenvalue weighted by atomic mass is 16.5. The average Bonchev–Trinajstić information content (AvgIpc) is 2.75. The molecule has 166 valence electrons. The number of hydrogen-bond acceptors (Lipinski definition) is 5. The van der Waals surface area contributed by atoms with Crippen molar-refractivity contribution in [2.45, 2.75) is 77.2 Å². The van der Waals surface area contributed by atoms with Crippen molar-refractivity contribution in [2.24, 2.45) is 5.73 Å². The third kappa shape index (κ3) is 17.2. The molecule has 0 aliphatic rings. The van der Waals surface area contributed by atoms with Gasteiger partial charge >= 0.3 is 5.97 Å². The summed E-state index contributed by atoms with van der Waals surface area (Å²) in [5.74, 6) is -0.130. The van der Waals surface area contributed by atoms with E-state index in [0.29, 0.717) is 13.0 Å². The lowest BCUT2D eigenvalue weighted by Crippen LogP contribution is -2.05. The van der Waals surface area contributed by atoms with Gasteiger partial charge in [-0.2, -0.15) is 0 Å². The normalized spacial score (nSPS) is 10.9. The van der Waals surface area contributed by atoms with Crippen molar-refractivity contribution in [3.05, 3.63) is 35.9 Å². The number of unbranched alkanes of at least 4 members (excludes halogenated alkanes) is 7. The molecule has 1 aromatic rings. The molecule has 0 heterocycles. The Bertz CT molecular complexity index is 481. The summed E-state index contributed by atoms with van der Waals surface area (Å²) in [6, 6.07) is 9.77. The van der Waals surface area contributed by atoms with E-state index >= 15 is 0 Å². The third-order valence-electron chi connectivity index (χ3n) is 4.73. The second-order valence-corrected chi connectivity index (χ2v) is 7.45. The van der Waals surface area contributed by atoms with E-state index in [4.69, 9.17) is 19.9 Å². The maximum atomic E-state index is 11.7. The molecule has 29 heavy (non-hydrogen) atoms. The van der Waals surface area contributed by atoms with Gasteiger partial charge in [-0.15, -0.1) is 0 Å². The van der Waals surface area contributed by atoms with Crippen molar-refractivity contribution < 1.29 is 19.0 Å². The minimum atomic E-state index is -0.130. The molecule has 2 N–H and O–H groups in total. The van der Waals surface area contributed by atoms with Gasteiger partial charge in [0.1, 0.15) is 6.61 Å². The first kappa shape index (κ1) is 25.6. The largest absolute Gasteiger partial charge is 0.461 e. The number of nitrogens with two attached hydrogens (primary N) is 1. The van der Waals surface area contributed by atoms with Crippen LogP contribution in [0.2, 0.25) is 0 Å². The Morgan fingerprint density at radius 1 is 0.690 bits per heavy atom. The van der Waals surface area contributed by atoms with Crippen molar-refractivity contribution in [3.63, 3.8) is 0 Å². The lowest BCUT2D eigenvalue weighted by molar-refractivity contribution is -0.145. The van der Waals surface area contributed by atoms with Crippen LogP contribution in [0.1, 0.15) is 76.2 Å². The fraction of sp³-hybridized carbons (Fsp3) is 0.708. The first-order chi connectivity index (χ1) is 14.3. The monoisotopic (exact) mass is 407 g/mol. The second-order valence-electron chi connectivity index (χ2n) is 7.45. The van der Waals surface area contributed by atoms with Gasteiger partial charge in [-0.3, -0.25) is 4.79 Å². The summed E-state index contributed by atoms with van der Waals surface area (Å²) in [5.41, 5.74) is 6.47. The van der Waals surface area contributed by atoms with Crippen molar-refractivity contribution in [2.75, 3.05) is 33.0 Å². The van der Waals surface area contributed by atoms with Crippen molar-refractivity contribution in [1.82, 2.24) is 0 Å². The van der Waals surface area contributed by atoms with Crippen LogP contribution in [-0.4, -0.2) is 38.9 Å². The molecule has 0 aliphatic heterocycles. The zero-order chi connectivity index (χ0) is 20.8. The predicted octanol–water partition coefficient (Wildman–Crippen LogP) is 5.01. The Morgan fingerprint density at radius 2 is 1.21 bits per heavy atom. The van der Waals surface area contributed by atoms with Gasteiger partial charge in [0.25, 0.3) is 0 Å². The van der Waals surface area contributed by atoms with Crippen LogP contribution in [0.15, 0.2) is 30.3 Å². The summed E-state index contributed by atoms with van der Waals surface area (Å²) in [5, 5.41) is 0. The lowest BCUT2D eigenvalue weighted by Gasteiger charge is -2.06. The summed E-state index contributed by atoms with van der Waals surface area (Å²) in [6.07, 6.45) is 11.6. The lowest BCUT2D eigenvalue weighted by atomic mass is 10.1. The number of hydrogen-bond donors (Lipinski definition) is 1. The van der Waals surface area contributed by atoms with Crippen LogP contribution in [0.5, 0.6) is 0 Å². The molecule has 5 heteroatoms. The maximum Gasteiger partial charge on any atom is 0.306 e. The van der Waals surface area contributed by atoms with Gasteiger partial charge in [0, 0.05) is 32.8 Å². The fourth-order valence-corrected chi connectivity index (χ4v) is 2.95. The molecule has 1 aromatic carbocycles. The Labute approximate surface area is 177 Å². The number of carbonyl (C=O) groups excluding carboxylic acids is 1. The molecule has 0 bridgehead atoms. The Balaban J connectivity index is 1.74. The molecule has 0 saturated heterocycles.